The van der Waals surface area contributed by atoms with Gasteiger partial charge in [-0.25, -0.2) is 0 Å². The smallest absolute Gasteiger partial charge is 1.00 e. The van der Waals surface area contributed by atoms with Crippen LogP contribution in [0.25, 0.3) is 0 Å². The van der Waals surface area contributed by atoms with Crippen molar-refractivity contribution in [3.63, 3.8) is 0 Å². The van der Waals surface area contributed by atoms with Gasteiger partial charge in [0, 0.05) is 0 Å². The molecule has 0 aromatic carbocycles. The van der Waals surface area contributed by atoms with Crippen LogP contribution in [-0.4, -0.2) is 3.21 Å². The number of hydrogen-bond acceptors (Lipinski definition) is 0. The van der Waals surface area contributed by atoms with Gasteiger partial charge in [0.15, 0.2) is 0 Å². The van der Waals surface area contributed by atoms with E-state index in [0.29, 0.717) is 0 Å². The normalized spacial score (nSPS) is 38.4. The Hall–Kier alpha value is 0.293. The first-order valence-corrected chi connectivity index (χ1v) is 13.8. The molecule has 0 aromatic heterocycles. The Bertz CT molecular complexity index is 706. The van der Waals surface area contributed by atoms with Crippen LogP contribution < -0.4 is 24.8 Å². The Labute approximate surface area is 195 Å². The van der Waals surface area contributed by atoms with E-state index in [1.807, 2.05) is 5.57 Å². The number of allylic oxidation sites excluding steroid dienone is 8. The van der Waals surface area contributed by atoms with Gasteiger partial charge in [0.25, 0.3) is 0 Å². The molecule has 151 valence electrons. The van der Waals surface area contributed by atoms with Crippen molar-refractivity contribution in [1.82, 2.24) is 0 Å². The minimum absolute atomic E-state index is 0. The maximum absolute atomic E-state index is 2.64. The van der Waals surface area contributed by atoms with Crippen molar-refractivity contribution in [3.8, 4) is 0 Å². The molecule has 0 bridgehead atoms. The summed E-state index contributed by atoms with van der Waals surface area (Å²) in [5.41, 5.74) is 3.45. The first kappa shape index (κ1) is 23.0. The summed E-state index contributed by atoms with van der Waals surface area (Å²) in [7, 11) is 0. The van der Waals surface area contributed by atoms with E-state index in [1.165, 1.54) is 57.8 Å². The van der Waals surface area contributed by atoms with Gasteiger partial charge in [-0.1, -0.05) is 0 Å². The molecule has 0 heterocycles. The molecule has 3 heteroatoms. The molecule has 3 saturated carbocycles. The quantitative estimate of drug-likeness (QED) is 0.529. The SMILES string of the molecule is CC1=C(C2CCCC3C4C=CC=CC4[CH]([Zr+2]=[C]4CCCCC4)C23)CC=C1.[Cl-].[Cl-]. The zero-order valence-corrected chi connectivity index (χ0v) is 21.0. The molecule has 6 atom stereocenters. The van der Waals surface area contributed by atoms with Gasteiger partial charge in [0.2, 0.25) is 0 Å². The van der Waals surface area contributed by atoms with Crippen molar-refractivity contribution < 1.29 is 47.6 Å². The van der Waals surface area contributed by atoms with Crippen LogP contribution in [0.3, 0.4) is 0 Å². The van der Waals surface area contributed by atoms with Gasteiger partial charge >= 0.3 is 171 Å². The number of hydrogen-bond donors (Lipinski definition) is 0. The molecule has 0 aliphatic heterocycles. The van der Waals surface area contributed by atoms with Gasteiger partial charge in [-0.2, -0.15) is 0 Å². The van der Waals surface area contributed by atoms with Gasteiger partial charge in [-0.3, -0.25) is 0 Å². The zero-order valence-electron chi connectivity index (χ0n) is 17.0. The summed E-state index contributed by atoms with van der Waals surface area (Å²) in [6.07, 6.45) is 28.1. The van der Waals surface area contributed by atoms with Crippen LogP contribution in [0.1, 0.15) is 64.7 Å². The molecule has 0 radical (unpaired) electrons. The maximum Gasteiger partial charge on any atom is -1.00 e. The second-order valence-corrected chi connectivity index (χ2v) is 13.4. The molecule has 3 fully saturated rings. The monoisotopic (exact) mass is 493 g/mol. The maximum atomic E-state index is 2.64. The Kier molecular flexibility index (Phi) is 8.26. The fraction of sp³-hybridized carbons (Fsp3) is 0.640. The van der Waals surface area contributed by atoms with E-state index in [4.69, 9.17) is 0 Å². The van der Waals surface area contributed by atoms with Gasteiger partial charge in [0.1, 0.15) is 0 Å². The number of fused-ring (bicyclic) bond motifs is 3. The van der Waals surface area contributed by atoms with Crippen molar-refractivity contribution in [2.24, 2.45) is 29.6 Å². The predicted octanol–water partition coefficient (Wildman–Crippen LogP) is 0.683. The molecular formula is C25H33Cl2Zr. The molecule has 0 spiro atoms. The van der Waals surface area contributed by atoms with Gasteiger partial charge in [0.05, 0.1) is 0 Å². The summed E-state index contributed by atoms with van der Waals surface area (Å²) in [5, 5.41) is 0. The van der Waals surface area contributed by atoms with Crippen LogP contribution in [0.2, 0.25) is 3.63 Å². The Morgan fingerprint density at radius 2 is 1.64 bits per heavy atom. The summed E-state index contributed by atoms with van der Waals surface area (Å²) < 4.78 is 3.17. The van der Waals surface area contributed by atoms with Crippen molar-refractivity contribution in [2.75, 3.05) is 0 Å². The van der Waals surface area contributed by atoms with Crippen molar-refractivity contribution >= 4 is 3.21 Å². The van der Waals surface area contributed by atoms with E-state index < -0.39 is 22.8 Å². The minimum atomic E-state index is -0.416. The van der Waals surface area contributed by atoms with Crippen LogP contribution in [-0.2, 0) is 22.8 Å². The Morgan fingerprint density at radius 3 is 2.36 bits per heavy atom. The molecule has 5 rings (SSSR count). The van der Waals surface area contributed by atoms with E-state index in [-0.39, 0.29) is 24.8 Å². The average Bonchev–Trinajstić information content (AvgIpc) is 3.25. The van der Waals surface area contributed by atoms with E-state index in [9.17, 15) is 0 Å². The van der Waals surface area contributed by atoms with Gasteiger partial charge in [-0.05, 0) is 0 Å². The van der Waals surface area contributed by atoms with Crippen LogP contribution in [0.5, 0.6) is 0 Å². The summed E-state index contributed by atoms with van der Waals surface area (Å²) in [5.74, 6) is 4.67. The molecule has 0 nitrogen and oxygen atoms in total. The summed E-state index contributed by atoms with van der Waals surface area (Å²) in [4.78, 5) is 0. The molecule has 28 heavy (non-hydrogen) atoms. The molecule has 5 aliphatic carbocycles. The van der Waals surface area contributed by atoms with Crippen LogP contribution >= 0.6 is 0 Å². The summed E-state index contributed by atoms with van der Waals surface area (Å²) in [6, 6.07) is 0. The molecule has 0 aromatic rings. The third-order valence-electron chi connectivity index (χ3n) is 8.05. The third-order valence-corrected chi connectivity index (χ3v) is 13.0. The van der Waals surface area contributed by atoms with Crippen LogP contribution in [0.15, 0.2) is 47.6 Å². The van der Waals surface area contributed by atoms with E-state index in [2.05, 4.69) is 46.6 Å². The fourth-order valence-corrected chi connectivity index (χ4v) is 12.6. The molecule has 5 aliphatic rings. The summed E-state index contributed by atoms with van der Waals surface area (Å²) in [6.45, 7) is 2.38. The standard InChI is InChI=1S/C19H23.C6H10.2ClH.Zr/c1-13-6-4-9-15(13)17-10-5-11-18-16-8-3-2-7-14(16)12-19(17)18;1-2-4-6-5-3-1;;;/h2-4,6-8,12,14,16-19H,5,9-11H2,1H3;1-5H2;2*1H;/q;;;;+2/p-2. The van der Waals surface area contributed by atoms with E-state index in [0.717, 1.165) is 33.2 Å². The molecule has 6 unspecified atom stereocenters. The van der Waals surface area contributed by atoms with Gasteiger partial charge < -0.3 is 24.8 Å². The molecule has 0 amide bonds. The largest absolute Gasteiger partial charge is 1.00 e. The molecule has 0 saturated heterocycles. The molecular weight excluding hydrogens is 462 g/mol. The van der Waals surface area contributed by atoms with Crippen LogP contribution in [0.4, 0.5) is 0 Å². The molecule has 0 N–H and O–H groups in total. The zero-order chi connectivity index (χ0) is 17.5. The Morgan fingerprint density at radius 1 is 0.893 bits per heavy atom. The average molecular weight is 496 g/mol. The first-order chi connectivity index (χ1) is 12.8. The second-order valence-electron chi connectivity index (χ2n) is 9.35. The van der Waals surface area contributed by atoms with Crippen molar-refractivity contribution in [1.29, 1.82) is 0 Å². The third kappa shape index (κ3) is 4.20. The van der Waals surface area contributed by atoms with Crippen molar-refractivity contribution in [2.45, 2.75) is 68.3 Å². The van der Waals surface area contributed by atoms with E-state index in [1.54, 1.807) is 5.57 Å². The van der Waals surface area contributed by atoms with Crippen LogP contribution in [0, 0.1) is 29.6 Å². The summed E-state index contributed by atoms with van der Waals surface area (Å²) >= 11 is -0.416. The fourth-order valence-electron chi connectivity index (χ4n) is 6.94. The minimum Gasteiger partial charge on any atom is -1.00 e. The predicted molar refractivity (Wildman–Crippen MR) is 108 cm³/mol. The topological polar surface area (TPSA) is 0 Å². The second kappa shape index (κ2) is 10.1. The van der Waals surface area contributed by atoms with Crippen molar-refractivity contribution in [3.05, 3.63) is 47.6 Å². The number of rotatable bonds is 2. The Balaban J connectivity index is 0.00000112. The van der Waals surface area contributed by atoms with E-state index >= 15 is 0 Å². The van der Waals surface area contributed by atoms with Gasteiger partial charge in [-0.15, -0.1) is 0 Å². The number of halogens is 2. The first-order valence-electron chi connectivity index (χ1n) is 11.2.